The van der Waals surface area contributed by atoms with Gasteiger partial charge in [-0.1, -0.05) is 133 Å². The smallest absolute Gasteiger partial charge is 0.462 e. The maximum atomic E-state index is 12.3. The first-order valence-electron chi connectivity index (χ1n) is 17.5. The molecule has 0 heterocycles. The van der Waals surface area contributed by atoms with Crippen LogP contribution in [-0.2, 0) is 28.2 Å². The standard InChI is InChI=1S/C36H63O9P/c1-3-5-7-9-11-12-13-17-21-25-29-35(38)43-31-34(32-44-46(40,41)42)45-36(39)30-26-22-18-14-16-20-24-28-33(37)27-23-19-15-10-8-6-4-2/h14-15,18-20,23-24,27,33-34,37H,3-13,16-17,21-22,25-26,28-32H2,1-2H3,(H2,40,41,42)/b18-14+,19-15-,24-20-,27-23-/t33-,34+/m0/s1. The average Bonchev–Trinajstić information content (AvgIpc) is 3.01. The minimum absolute atomic E-state index is 0.102. The second-order valence-electron chi connectivity index (χ2n) is 11.7. The maximum Gasteiger partial charge on any atom is 0.469 e. The Kier molecular flexibility index (Phi) is 30.2. The quantitative estimate of drug-likeness (QED) is 0.0217. The number of phosphoric acid groups is 1. The lowest BCUT2D eigenvalue weighted by Crippen LogP contribution is -2.29. The van der Waals surface area contributed by atoms with E-state index in [2.05, 4.69) is 24.4 Å². The van der Waals surface area contributed by atoms with Gasteiger partial charge in [0.25, 0.3) is 0 Å². The highest BCUT2D eigenvalue weighted by atomic mass is 31.2. The number of ether oxygens (including phenoxy) is 2. The highest BCUT2D eigenvalue weighted by Gasteiger charge is 2.22. The first kappa shape index (κ1) is 44.0. The molecule has 2 atom stereocenters. The highest BCUT2D eigenvalue weighted by Crippen LogP contribution is 2.35. The zero-order valence-electron chi connectivity index (χ0n) is 28.6. The summed E-state index contributed by atoms with van der Waals surface area (Å²) < 4.78 is 26.1. The second-order valence-corrected chi connectivity index (χ2v) is 12.9. The molecule has 10 heteroatoms. The van der Waals surface area contributed by atoms with Crippen LogP contribution in [0.5, 0.6) is 0 Å². The molecular weight excluding hydrogens is 607 g/mol. The number of rotatable bonds is 31. The molecule has 3 N–H and O–H groups in total. The van der Waals surface area contributed by atoms with E-state index in [1.807, 2.05) is 36.5 Å². The van der Waals surface area contributed by atoms with Crippen LogP contribution in [0.3, 0.4) is 0 Å². The van der Waals surface area contributed by atoms with Gasteiger partial charge in [-0.05, 0) is 44.9 Å². The second kappa shape index (κ2) is 31.6. The number of hydrogen-bond acceptors (Lipinski definition) is 7. The van der Waals surface area contributed by atoms with Gasteiger partial charge in [-0.25, -0.2) is 4.57 Å². The largest absolute Gasteiger partial charge is 0.469 e. The van der Waals surface area contributed by atoms with Gasteiger partial charge in [-0.15, -0.1) is 0 Å². The summed E-state index contributed by atoms with van der Waals surface area (Å²) in [7, 11) is -4.78. The highest BCUT2D eigenvalue weighted by molar-refractivity contribution is 7.46. The average molecular weight is 671 g/mol. The van der Waals surface area contributed by atoms with Gasteiger partial charge in [0.2, 0.25) is 0 Å². The fourth-order valence-electron chi connectivity index (χ4n) is 4.50. The van der Waals surface area contributed by atoms with E-state index in [1.54, 1.807) is 6.08 Å². The Morgan fingerprint density at radius 1 is 0.674 bits per heavy atom. The Labute approximate surface area is 278 Å². The first-order valence-corrected chi connectivity index (χ1v) is 19.1. The summed E-state index contributed by atoms with van der Waals surface area (Å²) in [5.74, 6) is -0.997. The van der Waals surface area contributed by atoms with E-state index < -0.39 is 38.6 Å². The van der Waals surface area contributed by atoms with E-state index in [4.69, 9.17) is 19.3 Å². The molecule has 0 saturated carbocycles. The molecule has 0 radical (unpaired) electrons. The van der Waals surface area contributed by atoms with Crippen molar-refractivity contribution in [3.63, 3.8) is 0 Å². The third-order valence-electron chi connectivity index (χ3n) is 7.18. The number of hydrogen-bond donors (Lipinski definition) is 3. The van der Waals surface area contributed by atoms with Crippen LogP contribution in [0.1, 0.15) is 142 Å². The third kappa shape index (κ3) is 33.3. The van der Waals surface area contributed by atoms with Gasteiger partial charge in [-0.3, -0.25) is 14.1 Å². The predicted octanol–water partition coefficient (Wildman–Crippen LogP) is 8.98. The number of carbonyl (C=O) groups is 2. The van der Waals surface area contributed by atoms with Gasteiger partial charge < -0.3 is 24.4 Å². The normalized spacial score (nSPS) is 13.8. The van der Waals surface area contributed by atoms with Crippen molar-refractivity contribution in [3.05, 3.63) is 48.6 Å². The fourth-order valence-corrected chi connectivity index (χ4v) is 4.86. The molecule has 0 saturated heterocycles. The number of unbranched alkanes of at least 4 members (excludes halogenated alkanes) is 13. The van der Waals surface area contributed by atoms with E-state index >= 15 is 0 Å². The van der Waals surface area contributed by atoms with Crippen LogP contribution in [0.4, 0.5) is 0 Å². The van der Waals surface area contributed by atoms with Gasteiger partial charge in [0, 0.05) is 12.8 Å². The van der Waals surface area contributed by atoms with E-state index in [0.717, 1.165) is 25.7 Å². The Morgan fingerprint density at radius 2 is 1.26 bits per heavy atom. The number of carbonyl (C=O) groups excluding carboxylic acids is 2. The summed E-state index contributed by atoms with van der Waals surface area (Å²) in [6.45, 7) is 3.49. The molecule has 0 aliphatic carbocycles. The number of esters is 2. The molecule has 0 rings (SSSR count). The topological polar surface area (TPSA) is 140 Å². The monoisotopic (exact) mass is 670 g/mol. The van der Waals surface area contributed by atoms with E-state index in [1.165, 1.54) is 57.8 Å². The summed E-state index contributed by atoms with van der Waals surface area (Å²) in [6, 6.07) is 0. The van der Waals surface area contributed by atoms with Crippen LogP contribution in [-0.4, -0.2) is 52.3 Å². The van der Waals surface area contributed by atoms with Crippen molar-refractivity contribution in [1.29, 1.82) is 0 Å². The lowest BCUT2D eigenvalue weighted by molar-refractivity contribution is -0.161. The van der Waals surface area contributed by atoms with Crippen molar-refractivity contribution in [2.75, 3.05) is 13.2 Å². The number of aliphatic hydroxyl groups is 1. The molecule has 0 aromatic carbocycles. The molecule has 0 bridgehead atoms. The molecule has 0 aliphatic heterocycles. The molecule has 0 aromatic heterocycles. The summed E-state index contributed by atoms with van der Waals surface area (Å²) in [5, 5.41) is 10.00. The molecule has 0 fully saturated rings. The SMILES string of the molecule is CCCCC/C=C\C=C/[C@H](O)C/C=C\C/C=C/CCCC(=O)O[C@H](COC(=O)CCCCCCCCCCCC)COP(=O)(O)O. The number of aliphatic hydroxyl groups excluding tert-OH is 1. The molecule has 9 nitrogen and oxygen atoms in total. The fraction of sp³-hybridized carbons (Fsp3) is 0.722. The van der Waals surface area contributed by atoms with Crippen molar-refractivity contribution in [2.45, 2.75) is 154 Å². The Bertz CT molecular complexity index is 907. The van der Waals surface area contributed by atoms with Crippen LogP contribution in [0.15, 0.2) is 48.6 Å². The van der Waals surface area contributed by atoms with Crippen molar-refractivity contribution in [3.8, 4) is 0 Å². The lowest BCUT2D eigenvalue weighted by Gasteiger charge is -2.18. The number of phosphoric ester groups is 1. The van der Waals surface area contributed by atoms with E-state index in [9.17, 15) is 19.3 Å². The minimum atomic E-state index is -4.78. The number of allylic oxidation sites excluding steroid dienone is 6. The van der Waals surface area contributed by atoms with Gasteiger partial charge in [0.15, 0.2) is 6.10 Å². The van der Waals surface area contributed by atoms with Crippen LogP contribution >= 0.6 is 7.82 Å². The van der Waals surface area contributed by atoms with Crippen molar-refractivity contribution in [2.24, 2.45) is 0 Å². The third-order valence-corrected chi connectivity index (χ3v) is 7.67. The minimum Gasteiger partial charge on any atom is -0.462 e. The van der Waals surface area contributed by atoms with E-state index in [0.29, 0.717) is 32.1 Å². The van der Waals surface area contributed by atoms with Crippen LogP contribution < -0.4 is 0 Å². The predicted molar refractivity (Wildman–Crippen MR) is 185 cm³/mol. The summed E-state index contributed by atoms with van der Waals surface area (Å²) in [6.07, 6.45) is 33.0. The maximum absolute atomic E-state index is 12.3. The summed E-state index contributed by atoms with van der Waals surface area (Å²) in [5.41, 5.74) is 0. The van der Waals surface area contributed by atoms with Crippen molar-refractivity contribution in [1.82, 2.24) is 0 Å². The Balaban J connectivity index is 4.19. The first-order chi connectivity index (χ1) is 22.2. The molecule has 46 heavy (non-hydrogen) atoms. The molecule has 0 spiro atoms. The van der Waals surface area contributed by atoms with Gasteiger partial charge in [0.1, 0.15) is 6.61 Å². The van der Waals surface area contributed by atoms with Gasteiger partial charge in [0.05, 0.1) is 12.7 Å². The lowest BCUT2D eigenvalue weighted by atomic mass is 10.1. The Morgan fingerprint density at radius 3 is 1.93 bits per heavy atom. The van der Waals surface area contributed by atoms with E-state index in [-0.39, 0.29) is 19.4 Å². The molecule has 0 unspecified atom stereocenters. The molecular formula is C36H63O9P. The van der Waals surface area contributed by atoms with Crippen molar-refractivity contribution >= 4 is 19.8 Å². The van der Waals surface area contributed by atoms with Crippen LogP contribution in [0.2, 0.25) is 0 Å². The van der Waals surface area contributed by atoms with Gasteiger partial charge >= 0.3 is 19.8 Å². The molecule has 0 amide bonds. The van der Waals surface area contributed by atoms with Gasteiger partial charge in [-0.2, -0.15) is 0 Å². The zero-order chi connectivity index (χ0) is 34.1. The molecule has 0 aromatic rings. The molecule has 0 aliphatic rings. The van der Waals surface area contributed by atoms with Crippen molar-refractivity contribution < 1.29 is 43.0 Å². The summed E-state index contributed by atoms with van der Waals surface area (Å²) >= 11 is 0. The van der Waals surface area contributed by atoms with Crippen LogP contribution in [0.25, 0.3) is 0 Å². The zero-order valence-corrected chi connectivity index (χ0v) is 29.5. The summed E-state index contributed by atoms with van der Waals surface area (Å²) in [4.78, 5) is 42.5. The Hall–Kier alpha value is -2.03. The molecule has 266 valence electrons. The van der Waals surface area contributed by atoms with Crippen LogP contribution in [0, 0.1) is 0 Å².